The highest BCUT2D eigenvalue weighted by Crippen LogP contribution is 2.35. The summed E-state index contributed by atoms with van der Waals surface area (Å²) in [5.74, 6) is -0.703. The summed E-state index contributed by atoms with van der Waals surface area (Å²) in [4.78, 5) is 51.6. The van der Waals surface area contributed by atoms with Crippen molar-refractivity contribution in [1.29, 1.82) is 0 Å². The lowest BCUT2D eigenvalue weighted by Crippen LogP contribution is -2.25. The molecule has 0 unspecified atom stereocenters. The minimum atomic E-state index is -0.651. The van der Waals surface area contributed by atoms with E-state index in [0.29, 0.717) is 40.2 Å². The highest BCUT2D eigenvalue weighted by Gasteiger charge is 2.27. The molecule has 2 heterocycles. The van der Waals surface area contributed by atoms with E-state index in [-0.39, 0.29) is 46.9 Å². The van der Waals surface area contributed by atoms with Crippen LogP contribution in [0.2, 0.25) is 0 Å². The van der Waals surface area contributed by atoms with Crippen LogP contribution in [-0.2, 0) is 27.4 Å². The lowest BCUT2D eigenvalue weighted by Gasteiger charge is -2.12. The number of nitrogens with one attached hydrogen (secondary N) is 2. The van der Waals surface area contributed by atoms with E-state index in [4.69, 9.17) is 18.9 Å². The Hall–Kier alpha value is -4.89. The van der Waals surface area contributed by atoms with Crippen molar-refractivity contribution in [3.63, 3.8) is 0 Å². The number of hydrogen-bond donors (Lipinski definition) is 2. The molecule has 4 aromatic rings. The number of aromatic nitrogens is 3. The van der Waals surface area contributed by atoms with E-state index < -0.39 is 17.8 Å². The molecular formula is C32H35N5O8S2. The van der Waals surface area contributed by atoms with Crippen molar-refractivity contribution in [3.8, 4) is 11.5 Å². The molecule has 2 N–H and O–H groups in total. The second kappa shape index (κ2) is 16.6. The predicted octanol–water partition coefficient (Wildman–Crippen LogP) is 4.73. The summed E-state index contributed by atoms with van der Waals surface area (Å²) in [7, 11) is 3.01. The van der Waals surface area contributed by atoms with Gasteiger partial charge < -0.3 is 34.1 Å². The third-order valence-electron chi connectivity index (χ3n) is 6.70. The number of hydrogen-bond acceptors (Lipinski definition) is 12. The molecule has 0 aliphatic carbocycles. The van der Waals surface area contributed by atoms with Crippen LogP contribution < -0.4 is 20.1 Å². The highest BCUT2D eigenvalue weighted by atomic mass is 32.2. The summed E-state index contributed by atoms with van der Waals surface area (Å²) in [5, 5.41) is 14.9. The van der Waals surface area contributed by atoms with E-state index in [1.54, 1.807) is 39.0 Å². The molecule has 0 saturated carbocycles. The standard InChI is InChI=1S/C32H35N5O8S2/c1-6-44-30(40)26-19(3)27(31(41)45-7-2)47-29(26)34-25(38)18-46-32-36-35-24(37(32)17-20-11-9-8-10-12-20)16-33-28(39)21-13-14-22(42-4)23(15-21)43-5/h8-15H,6-7,16-18H2,1-5H3,(H,33,39)(H,34,38). The summed E-state index contributed by atoms with van der Waals surface area (Å²) < 4.78 is 22.7. The van der Waals surface area contributed by atoms with E-state index >= 15 is 0 Å². The average molecular weight is 682 g/mol. The first-order valence-corrected chi connectivity index (χ1v) is 16.4. The number of benzene rings is 2. The zero-order chi connectivity index (χ0) is 33.9. The Morgan fingerprint density at radius 2 is 1.62 bits per heavy atom. The number of esters is 2. The van der Waals surface area contributed by atoms with Crippen LogP contribution >= 0.6 is 23.1 Å². The van der Waals surface area contributed by atoms with Gasteiger partial charge in [0, 0.05) is 5.56 Å². The Bertz CT molecular complexity index is 1740. The highest BCUT2D eigenvalue weighted by molar-refractivity contribution is 7.99. The molecule has 0 spiro atoms. The molecule has 15 heteroatoms. The smallest absolute Gasteiger partial charge is 0.348 e. The van der Waals surface area contributed by atoms with Gasteiger partial charge >= 0.3 is 11.9 Å². The van der Waals surface area contributed by atoms with Crippen LogP contribution in [0.15, 0.2) is 53.7 Å². The van der Waals surface area contributed by atoms with Gasteiger partial charge in [0.1, 0.15) is 9.88 Å². The van der Waals surface area contributed by atoms with E-state index in [1.807, 2.05) is 34.9 Å². The fraction of sp³-hybridized carbons (Fsp3) is 0.312. The molecule has 0 aliphatic heterocycles. The van der Waals surface area contributed by atoms with Crippen molar-refractivity contribution >= 4 is 51.9 Å². The number of carbonyl (C=O) groups excluding carboxylic acids is 4. The van der Waals surface area contributed by atoms with Gasteiger partial charge in [-0.2, -0.15) is 0 Å². The van der Waals surface area contributed by atoms with Crippen molar-refractivity contribution in [3.05, 3.63) is 81.5 Å². The monoisotopic (exact) mass is 681 g/mol. The van der Waals surface area contributed by atoms with Crippen molar-refractivity contribution in [1.82, 2.24) is 20.1 Å². The zero-order valence-corrected chi connectivity index (χ0v) is 28.2. The van der Waals surface area contributed by atoms with Gasteiger partial charge in [-0.25, -0.2) is 9.59 Å². The van der Waals surface area contributed by atoms with E-state index in [9.17, 15) is 19.2 Å². The maximum Gasteiger partial charge on any atom is 0.348 e. The number of thioether (sulfide) groups is 1. The molecule has 2 aromatic carbocycles. The first kappa shape index (κ1) is 35.0. The maximum atomic E-state index is 13.2. The second-order valence-electron chi connectivity index (χ2n) is 9.76. The molecule has 0 fully saturated rings. The molecule has 13 nitrogen and oxygen atoms in total. The Balaban J connectivity index is 1.51. The Morgan fingerprint density at radius 3 is 2.30 bits per heavy atom. The molecule has 2 amide bonds. The number of anilines is 1. The topological polar surface area (TPSA) is 160 Å². The average Bonchev–Trinajstić information content (AvgIpc) is 3.61. The van der Waals surface area contributed by atoms with Crippen LogP contribution in [0.4, 0.5) is 5.00 Å². The van der Waals surface area contributed by atoms with Crippen LogP contribution in [0.5, 0.6) is 11.5 Å². The number of nitrogens with zero attached hydrogens (tertiary/aromatic N) is 3. The summed E-state index contributed by atoms with van der Waals surface area (Å²) in [6, 6.07) is 14.5. The van der Waals surface area contributed by atoms with Crippen molar-refractivity contribution in [2.24, 2.45) is 0 Å². The van der Waals surface area contributed by atoms with Gasteiger partial charge in [0.2, 0.25) is 5.91 Å². The summed E-state index contributed by atoms with van der Waals surface area (Å²) in [6.45, 7) is 5.70. The maximum absolute atomic E-state index is 13.2. The third-order valence-corrected chi connectivity index (χ3v) is 8.86. The molecule has 0 aliphatic rings. The summed E-state index contributed by atoms with van der Waals surface area (Å²) >= 11 is 2.09. The SMILES string of the molecule is CCOC(=O)c1sc(NC(=O)CSc2nnc(CNC(=O)c3ccc(OC)c(OC)c3)n2Cc2ccccc2)c(C(=O)OCC)c1C. The van der Waals surface area contributed by atoms with Crippen LogP contribution in [0, 0.1) is 6.92 Å². The molecule has 0 saturated heterocycles. The Kier molecular flexibility index (Phi) is 12.4. The molecule has 2 aromatic heterocycles. The number of amides is 2. The Labute approximate surface area is 280 Å². The van der Waals surface area contributed by atoms with Gasteiger partial charge in [-0.3, -0.25) is 9.59 Å². The second-order valence-corrected chi connectivity index (χ2v) is 11.7. The molecule has 47 heavy (non-hydrogen) atoms. The van der Waals surface area contributed by atoms with E-state index in [1.165, 1.54) is 14.2 Å². The normalized spacial score (nSPS) is 10.7. The zero-order valence-electron chi connectivity index (χ0n) is 26.6. The third kappa shape index (κ3) is 8.68. The lowest BCUT2D eigenvalue weighted by molar-refractivity contribution is -0.113. The van der Waals surface area contributed by atoms with Crippen LogP contribution in [0.25, 0.3) is 0 Å². The van der Waals surface area contributed by atoms with E-state index in [2.05, 4.69) is 20.8 Å². The Morgan fingerprint density at radius 1 is 0.915 bits per heavy atom. The first-order valence-electron chi connectivity index (χ1n) is 14.6. The quantitative estimate of drug-likeness (QED) is 0.132. The molecular weight excluding hydrogens is 647 g/mol. The fourth-order valence-corrected chi connectivity index (χ4v) is 6.32. The number of ether oxygens (including phenoxy) is 4. The minimum Gasteiger partial charge on any atom is -0.493 e. The first-order chi connectivity index (χ1) is 22.7. The number of carbonyl (C=O) groups is 4. The van der Waals surface area contributed by atoms with Crippen LogP contribution in [0.1, 0.15) is 61.2 Å². The van der Waals surface area contributed by atoms with Crippen molar-refractivity contribution in [2.75, 3.05) is 38.5 Å². The van der Waals surface area contributed by atoms with Gasteiger partial charge in [-0.15, -0.1) is 21.5 Å². The van der Waals surface area contributed by atoms with Crippen molar-refractivity contribution in [2.45, 2.75) is 39.0 Å². The van der Waals surface area contributed by atoms with Gasteiger partial charge in [-0.05, 0) is 50.1 Å². The van der Waals surface area contributed by atoms with Gasteiger partial charge in [0.25, 0.3) is 5.91 Å². The van der Waals surface area contributed by atoms with E-state index in [0.717, 1.165) is 28.7 Å². The number of thiophene rings is 1. The molecule has 0 radical (unpaired) electrons. The lowest BCUT2D eigenvalue weighted by atomic mass is 10.1. The molecule has 248 valence electrons. The number of methoxy groups -OCH3 is 2. The van der Waals surface area contributed by atoms with Gasteiger partial charge in [0.15, 0.2) is 22.5 Å². The van der Waals surface area contributed by atoms with Gasteiger partial charge in [0.05, 0.1) is 51.8 Å². The molecule has 4 rings (SSSR count). The van der Waals surface area contributed by atoms with Crippen LogP contribution in [-0.4, -0.2) is 71.7 Å². The van der Waals surface area contributed by atoms with Crippen LogP contribution in [0.3, 0.4) is 0 Å². The molecule has 0 atom stereocenters. The summed E-state index contributed by atoms with van der Waals surface area (Å²) in [5.41, 5.74) is 1.82. The molecule has 0 bridgehead atoms. The predicted molar refractivity (Wildman–Crippen MR) is 177 cm³/mol. The fourth-order valence-electron chi connectivity index (χ4n) is 4.45. The summed E-state index contributed by atoms with van der Waals surface area (Å²) in [6.07, 6.45) is 0. The van der Waals surface area contributed by atoms with Crippen molar-refractivity contribution < 1.29 is 38.1 Å². The number of rotatable bonds is 15. The largest absolute Gasteiger partial charge is 0.493 e. The minimum absolute atomic E-state index is 0.0633. The van der Waals surface area contributed by atoms with Gasteiger partial charge in [-0.1, -0.05) is 42.1 Å².